The van der Waals surface area contributed by atoms with Crippen LogP contribution in [0.4, 0.5) is 5.69 Å². The maximum absolute atomic E-state index is 12.3. The number of rotatable bonds is 3. The van der Waals surface area contributed by atoms with Gasteiger partial charge in [0.25, 0.3) is 0 Å². The number of hydrogen-bond donors (Lipinski definition) is 2. The Hall–Kier alpha value is -0.330. The second-order valence-electron chi connectivity index (χ2n) is 5.42. The van der Waals surface area contributed by atoms with Crippen molar-refractivity contribution in [1.82, 2.24) is 0 Å². The molecular weight excluding hydrogens is 363 g/mol. The fourth-order valence-corrected chi connectivity index (χ4v) is 1.82. The molecule has 0 saturated heterocycles. The van der Waals surface area contributed by atoms with Gasteiger partial charge >= 0.3 is 0 Å². The van der Waals surface area contributed by atoms with Gasteiger partial charge in [0.05, 0.1) is 16.1 Å². The molecule has 0 aliphatic heterocycles. The summed E-state index contributed by atoms with van der Waals surface area (Å²) in [6.07, 6.45) is 0. The van der Waals surface area contributed by atoms with Crippen LogP contribution in [0.5, 0.6) is 0 Å². The zero-order chi connectivity index (χ0) is 14.1. The molecule has 0 bridgehead atoms. The van der Waals surface area contributed by atoms with Crippen LogP contribution in [0.25, 0.3) is 0 Å². The summed E-state index contributed by atoms with van der Waals surface area (Å²) in [4.78, 5) is 12.3. The number of amides is 1. The molecule has 0 saturated carbocycles. The van der Waals surface area contributed by atoms with Gasteiger partial charge in [-0.15, -0.1) is 0 Å². The van der Waals surface area contributed by atoms with Gasteiger partial charge in [-0.2, -0.15) is 0 Å². The standard InChI is InChI=1S/C13H18ClIN2O/c1-12(2,13(3,4)16)11(18)17-10-7-8(15)5-6-9(10)14/h5-7H,16H2,1-4H3,(H,17,18). The lowest BCUT2D eigenvalue weighted by atomic mass is 9.74. The molecule has 3 nitrogen and oxygen atoms in total. The van der Waals surface area contributed by atoms with Gasteiger partial charge in [0, 0.05) is 9.11 Å². The summed E-state index contributed by atoms with van der Waals surface area (Å²) in [5.74, 6) is -0.140. The zero-order valence-electron chi connectivity index (χ0n) is 11.0. The highest BCUT2D eigenvalue weighted by Crippen LogP contribution is 2.31. The smallest absolute Gasteiger partial charge is 0.231 e. The summed E-state index contributed by atoms with van der Waals surface area (Å²) < 4.78 is 1.01. The maximum Gasteiger partial charge on any atom is 0.231 e. The molecule has 1 amide bonds. The van der Waals surface area contributed by atoms with E-state index in [9.17, 15) is 4.79 Å². The first-order valence-electron chi connectivity index (χ1n) is 5.61. The Morgan fingerprint density at radius 1 is 1.33 bits per heavy atom. The van der Waals surface area contributed by atoms with Crippen molar-refractivity contribution in [3.63, 3.8) is 0 Å². The van der Waals surface area contributed by atoms with E-state index >= 15 is 0 Å². The monoisotopic (exact) mass is 380 g/mol. The Kier molecular flexibility index (Phi) is 4.67. The average molecular weight is 381 g/mol. The van der Waals surface area contributed by atoms with Crippen molar-refractivity contribution in [3.05, 3.63) is 26.8 Å². The average Bonchev–Trinajstić information content (AvgIpc) is 2.21. The molecule has 1 aromatic carbocycles. The highest BCUT2D eigenvalue weighted by Gasteiger charge is 2.40. The van der Waals surface area contributed by atoms with Gasteiger partial charge in [-0.1, -0.05) is 11.6 Å². The second-order valence-corrected chi connectivity index (χ2v) is 7.08. The van der Waals surface area contributed by atoms with Crippen LogP contribution in [0.1, 0.15) is 27.7 Å². The summed E-state index contributed by atoms with van der Waals surface area (Å²) in [5.41, 5.74) is 5.34. The Morgan fingerprint density at radius 2 is 1.89 bits per heavy atom. The third-order valence-electron chi connectivity index (χ3n) is 3.36. The van der Waals surface area contributed by atoms with Crippen molar-refractivity contribution in [2.45, 2.75) is 33.2 Å². The zero-order valence-corrected chi connectivity index (χ0v) is 13.9. The molecule has 0 aliphatic rings. The van der Waals surface area contributed by atoms with Gasteiger partial charge in [0.1, 0.15) is 0 Å². The SMILES string of the molecule is CC(C)(N)C(C)(C)C(=O)Nc1cc(I)ccc1Cl. The summed E-state index contributed by atoms with van der Waals surface area (Å²) >= 11 is 8.23. The second kappa shape index (κ2) is 5.35. The molecule has 5 heteroatoms. The lowest BCUT2D eigenvalue weighted by Crippen LogP contribution is -2.53. The number of nitrogens with two attached hydrogens (primary N) is 1. The normalized spacial score (nSPS) is 12.4. The summed E-state index contributed by atoms with van der Waals surface area (Å²) in [6, 6.07) is 5.48. The van der Waals surface area contributed by atoms with E-state index in [1.54, 1.807) is 6.07 Å². The molecule has 3 N–H and O–H groups in total. The first-order valence-corrected chi connectivity index (χ1v) is 7.07. The van der Waals surface area contributed by atoms with E-state index in [0.717, 1.165) is 3.57 Å². The molecule has 1 rings (SSSR count). The highest BCUT2D eigenvalue weighted by molar-refractivity contribution is 14.1. The molecule has 100 valence electrons. The lowest BCUT2D eigenvalue weighted by Gasteiger charge is -2.36. The molecule has 0 unspecified atom stereocenters. The van der Waals surface area contributed by atoms with Gasteiger partial charge in [-0.05, 0) is 68.5 Å². The minimum atomic E-state index is -0.697. The minimum Gasteiger partial charge on any atom is -0.325 e. The van der Waals surface area contributed by atoms with Crippen molar-refractivity contribution >= 4 is 45.8 Å². The van der Waals surface area contributed by atoms with E-state index in [4.69, 9.17) is 17.3 Å². The van der Waals surface area contributed by atoms with Crippen LogP contribution in [-0.2, 0) is 4.79 Å². The molecule has 1 aromatic rings. The molecule has 0 spiro atoms. The van der Waals surface area contributed by atoms with Gasteiger partial charge in [0.2, 0.25) is 5.91 Å². The number of carbonyl (C=O) groups excluding carboxylic acids is 1. The molecule has 0 fully saturated rings. The number of benzene rings is 1. The largest absolute Gasteiger partial charge is 0.325 e. The van der Waals surface area contributed by atoms with Crippen LogP contribution in [0.15, 0.2) is 18.2 Å². The van der Waals surface area contributed by atoms with Crippen LogP contribution >= 0.6 is 34.2 Å². The number of nitrogens with one attached hydrogen (secondary N) is 1. The highest BCUT2D eigenvalue weighted by atomic mass is 127. The van der Waals surface area contributed by atoms with Crippen molar-refractivity contribution in [3.8, 4) is 0 Å². The molecule has 0 aromatic heterocycles. The van der Waals surface area contributed by atoms with Crippen molar-refractivity contribution in [2.75, 3.05) is 5.32 Å². The van der Waals surface area contributed by atoms with Crippen molar-refractivity contribution in [2.24, 2.45) is 11.1 Å². The first-order chi connectivity index (χ1) is 8.05. The fourth-order valence-electron chi connectivity index (χ4n) is 1.16. The Bertz CT molecular complexity index is 467. The third-order valence-corrected chi connectivity index (χ3v) is 4.36. The van der Waals surface area contributed by atoms with Gasteiger partial charge < -0.3 is 11.1 Å². The van der Waals surface area contributed by atoms with Gasteiger partial charge in [-0.25, -0.2) is 0 Å². The van der Waals surface area contributed by atoms with E-state index < -0.39 is 11.0 Å². The van der Waals surface area contributed by atoms with Crippen molar-refractivity contribution in [1.29, 1.82) is 0 Å². The molecule has 18 heavy (non-hydrogen) atoms. The molecule has 0 aliphatic carbocycles. The quantitative estimate of drug-likeness (QED) is 0.787. The minimum absolute atomic E-state index is 0.140. The molecule has 0 atom stereocenters. The Morgan fingerprint density at radius 3 is 2.39 bits per heavy atom. The van der Waals surface area contributed by atoms with E-state index in [1.807, 2.05) is 39.8 Å². The van der Waals surface area contributed by atoms with Crippen molar-refractivity contribution < 1.29 is 4.79 Å². The fraction of sp³-hybridized carbons (Fsp3) is 0.462. The summed E-state index contributed by atoms with van der Waals surface area (Å²) in [6.45, 7) is 7.32. The van der Waals surface area contributed by atoms with Gasteiger partial charge in [0.15, 0.2) is 0 Å². The predicted molar refractivity (Wildman–Crippen MR) is 84.8 cm³/mol. The third kappa shape index (κ3) is 3.36. The number of hydrogen-bond acceptors (Lipinski definition) is 2. The lowest BCUT2D eigenvalue weighted by molar-refractivity contribution is -0.126. The van der Waals surface area contributed by atoms with Crippen LogP contribution in [0, 0.1) is 8.99 Å². The number of anilines is 1. The summed E-state index contributed by atoms with van der Waals surface area (Å²) in [7, 11) is 0. The predicted octanol–water partition coefficient (Wildman–Crippen LogP) is 3.65. The Labute approximate surface area is 127 Å². The molecule has 0 heterocycles. The molecular formula is C13H18ClIN2O. The maximum atomic E-state index is 12.3. The van der Waals surface area contributed by atoms with E-state index in [2.05, 4.69) is 27.9 Å². The number of halogens is 2. The van der Waals surface area contributed by atoms with E-state index in [-0.39, 0.29) is 5.91 Å². The molecule has 0 radical (unpaired) electrons. The van der Waals surface area contributed by atoms with Crippen LogP contribution in [0.2, 0.25) is 5.02 Å². The van der Waals surface area contributed by atoms with E-state index in [1.165, 1.54) is 0 Å². The van der Waals surface area contributed by atoms with Crippen LogP contribution < -0.4 is 11.1 Å². The van der Waals surface area contributed by atoms with E-state index in [0.29, 0.717) is 10.7 Å². The van der Waals surface area contributed by atoms with Crippen LogP contribution in [-0.4, -0.2) is 11.4 Å². The summed E-state index contributed by atoms with van der Waals surface area (Å²) in [5, 5.41) is 3.36. The van der Waals surface area contributed by atoms with Crippen LogP contribution in [0.3, 0.4) is 0 Å². The number of carbonyl (C=O) groups is 1. The first kappa shape index (κ1) is 15.7. The van der Waals surface area contributed by atoms with Gasteiger partial charge in [-0.3, -0.25) is 4.79 Å². The topological polar surface area (TPSA) is 55.1 Å². The Balaban J connectivity index is 2.98.